The molecule has 3 heterocycles. The molecule has 1 aromatic heterocycles. The van der Waals surface area contributed by atoms with Crippen molar-refractivity contribution in [3.8, 4) is 11.5 Å². The van der Waals surface area contributed by atoms with E-state index in [4.69, 9.17) is 9.47 Å². The molecule has 7 heteroatoms. The van der Waals surface area contributed by atoms with Gasteiger partial charge >= 0.3 is 0 Å². The molecule has 1 N–H and O–H groups in total. The fourth-order valence-electron chi connectivity index (χ4n) is 3.72. The van der Waals surface area contributed by atoms with Gasteiger partial charge in [0.2, 0.25) is 6.79 Å². The maximum Gasteiger partial charge on any atom is 0.300 e. The lowest BCUT2D eigenvalue weighted by Crippen LogP contribution is -2.29. The number of rotatable bonds is 3. The number of hydrogen-bond donors (Lipinski definition) is 1. The van der Waals surface area contributed by atoms with Gasteiger partial charge in [0.05, 0.1) is 5.57 Å². The summed E-state index contributed by atoms with van der Waals surface area (Å²) < 4.78 is 10.7. The third-order valence-electron chi connectivity index (χ3n) is 5.22. The molecule has 5 rings (SSSR count). The molecule has 0 bridgehead atoms. The normalized spacial score (nSPS) is 19.5. The van der Waals surface area contributed by atoms with Crippen LogP contribution in [0.25, 0.3) is 5.76 Å². The molecular formula is C23H17NO5S. The summed E-state index contributed by atoms with van der Waals surface area (Å²) in [6, 6.07) is 15.3. The number of aliphatic hydroxyl groups excluding tert-OH is 1. The van der Waals surface area contributed by atoms with E-state index in [1.54, 1.807) is 18.2 Å². The van der Waals surface area contributed by atoms with Crippen LogP contribution in [0.4, 0.5) is 5.69 Å². The standard InChI is InChI=1S/C23H17NO5S/c1-13-4-7-15(8-5-13)24-20(18-3-2-10-30-18)19(22(26)23(24)27)21(25)14-6-9-16-17(11-14)29-12-28-16/h2-11,20,25H,12H2,1H3/b21-19-. The van der Waals surface area contributed by atoms with Gasteiger partial charge in [-0.25, -0.2) is 0 Å². The first kappa shape index (κ1) is 18.4. The Kier molecular flexibility index (Phi) is 4.33. The van der Waals surface area contributed by atoms with Crippen LogP contribution in [-0.2, 0) is 9.59 Å². The van der Waals surface area contributed by atoms with Crippen LogP contribution in [0.15, 0.2) is 65.6 Å². The Balaban J connectivity index is 1.68. The summed E-state index contributed by atoms with van der Waals surface area (Å²) in [5, 5.41) is 13.0. The van der Waals surface area contributed by atoms with Crippen LogP contribution in [-0.4, -0.2) is 23.6 Å². The molecule has 150 valence electrons. The number of carbonyl (C=O) groups is 2. The van der Waals surface area contributed by atoms with Gasteiger partial charge in [-0.3, -0.25) is 14.5 Å². The largest absolute Gasteiger partial charge is 0.507 e. The maximum atomic E-state index is 13.0. The lowest BCUT2D eigenvalue weighted by atomic mass is 9.99. The molecule has 2 aromatic carbocycles. The van der Waals surface area contributed by atoms with E-state index in [0.717, 1.165) is 10.4 Å². The van der Waals surface area contributed by atoms with Gasteiger partial charge in [0.1, 0.15) is 11.8 Å². The smallest absolute Gasteiger partial charge is 0.300 e. The molecule has 1 fully saturated rings. The number of thiophene rings is 1. The number of ketones is 1. The molecule has 1 saturated heterocycles. The topological polar surface area (TPSA) is 76.1 Å². The number of aliphatic hydroxyl groups is 1. The number of hydrogen-bond acceptors (Lipinski definition) is 6. The monoisotopic (exact) mass is 419 g/mol. The minimum absolute atomic E-state index is 0.0573. The van der Waals surface area contributed by atoms with Gasteiger partial charge in [0.25, 0.3) is 11.7 Å². The summed E-state index contributed by atoms with van der Waals surface area (Å²) >= 11 is 1.43. The molecule has 3 aromatic rings. The first-order valence-corrected chi connectivity index (χ1v) is 10.2. The van der Waals surface area contributed by atoms with Gasteiger partial charge in [-0.15, -0.1) is 11.3 Å². The van der Waals surface area contributed by atoms with E-state index in [1.165, 1.54) is 16.2 Å². The number of carbonyl (C=O) groups excluding carboxylic acids is 2. The molecule has 2 aliphatic heterocycles. The summed E-state index contributed by atoms with van der Waals surface area (Å²) in [5.74, 6) is -0.565. The van der Waals surface area contributed by atoms with Crippen LogP contribution in [0.5, 0.6) is 11.5 Å². The molecule has 0 radical (unpaired) electrons. The highest BCUT2D eigenvalue weighted by Crippen LogP contribution is 2.44. The van der Waals surface area contributed by atoms with Crippen molar-refractivity contribution < 1.29 is 24.2 Å². The lowest BCUT2D eigenvalue weighted by Gasteiger charge is -2.24. The first-order chi connectivity index (χ1) is 14.5. The summed E-state index contributed by atoms with van der Waals surface area (Å²) in [7, 11) is 0. The van der Waals surface area contributed by atoms with E-state index in [1.807, 2.05) is 48.7 Å². The van der Waals surface area contributed by atoms with E-state index in [9.17, 15) is 14.7 Å². The van der Waals surface area contributed by atoms with Crippen LogP contribution in [0.1, 0.15) is 22.0 Å². The Morgan fingerprint density at radius 2 is 1.83 bits per heavy atom. The summed E-state index contributed by atoms with van der Waals surface area (Å²) in [5.41, 5.74) is 2.10. The number of Topliss-reactive ketones (excluding diaryl/α,β-unsaturated/α-hetero) is 1. The predicted molar refractivity (Wildman–Crippen MR) is 113 cm³/mol. The SMILES string of the molecule is Cc1ccc(N2C(=O)C(=O)/C(=C(\O)c3ccc4c(c3)OCO4)C2c2cccs2)cc1. The van der Waals surface area contributed by atoms with E-state index in [-0.39, 0.29) is 18.1 Å². The molecule has 1 atom stereocenters. The van der Waals surface area contributed by atoms with Crippen LogP contribution >= 0.6 is 11.3 Å². The van der Waals surface area contributed by atoms with Crippen LogP contribution < -0.4 is 14.4 Å². The molecule has 0 saturated carbocycles. The molecule has 1 unspecified atom stereocenters. The third kappa shape index (κ3) is 2.86. The summed E-state index contributed by atoms with van der Waals surface area (Å²) in [6.45, 7) is 2.06. The molecule has 1 amide bonds. The Morgan fingerprint density at radius 3 is 2.57 bits per heavy atom. The highest BCUT2D eigenvalue weighted by atomic mass is 32.1. The molecule has 6 nitrogen and oxygen atoms in total. The zero-order chi connectivity index (χ0) is 20.8. The quantitative estimate of drug-likeness (QED) is 0.387. The van der Waals surface area contributed by atoms with Gasteiger partial charge in [-0.1, -0.05) is 23.8 Å². The van der Waals surface area contributed by atoms with Crippen molar-refractivity contribution in [3.63, 3.8) is 0 Å². The van der Waals surface area contributed by atoms with Gasteiger partial charge in [0.15, 0.2) is 11.5 Å². The van der Waals surface area contributed by atoms with E-state index < -0.39 is 17.7 Å². The average Bonchev–Trinajstić information content (AvgIpc) is 3.48. The van der Waals surface area contributed by atoms with Gasteiger partial charge < -0.3 is 14.6 Å². The number of benzene rings is 2. The van der Waals surface area contributed by atoms with Crippen LogP contribution in [0, 0.1) is 6.92 Å². The molecule has 30 heavy (non-hydrogen) atoms. The Hall–Kier alpha value is -3.58. The third-order valence-corrected chi connectivity index (χ3v) is 6.14. The van der Waals surface area contributed by atoms with E-state index in [0.29, 0.717) is 22.7 Å². The molecule has 0 aliphatic carbocycles. The number of amides is 1. The maximum absolute atomic E-state index is 13.0. The fourth-order valence-corrected chi connectivity index (χ4v) is 4.54. The number of aryl methyl sites for hydroxylation is 1. The van der Waals surface area contributed by atoms with Crippen molar-refractivity contribution in [2.24, 2.45) is 0 Å². The summed E-state index contributed by atoms with van der Waals surface area (Å²) in [6.07, 6.45) is 0. The Labute approximate surface area is 176 Å². The van der Waals surface area contributed by atoms with Crippen molar-refractivity contribution in [3.05, 3.63) is 81.6 Å². The van der Waals surface area contributed by atoms with Gasteiger partial charge in [0, 0.05) is 16.1 Å². The van der Waals surface area contributed by atoms with Crippen LogP contribution in [0.3, 0.4) is 0 Å². The number of nitrogens with zero attached hydrogens (tertiary/aromatic N) is 1. The zero-order valence-electron chi connectivity index (χ0n) is 16.0. The van der Waals surface area contributed by atoms with Gasteiger partial charge in [-0.2, -0.15) is 0 Å². The molecule has 2 aliphatic rings. The van der Waals surface area contributed by atoms with Crippen molar-refractivity contribution in [1.82, 2.24) is 0 Å². The number of fused-ring (bicyclic) bond motifs is 1. The van der Waals surface area contributed by atoms with E-state index >= 15 is 0 Å². The molecular weight excluding hydrogens is 402 g/mol. The average molecular weight is 419 g/mol. The summed E-state index contributed by atoms with van der Waals surface area (Å²) in [4.78, 5) is 28.3. The fraction of sp³-hybridized carbons (Fsp3) is 0.130. The number of anilines is 1. The molecule has 0 spiro atoms. The lowest BCUT2D eigenvalue weighted by molar-refractivity contribution is -0.132. The highest BCUT2D eigenvalue weighted by molar-refractivity contribution is 7.10. The second kappa shape index (κ2) is 7.03. The number of ether oxygens (including phenoxy) is 2. The highest BCUT2D eigenvalue weighted by Gasteiger charge is 2.47. The van der Waals surface area contributed by atoms with Crippen molar-refractivity contribution in [2.45, 2.75) is 13.0 Å². The van der Waals surface area contributed by atoms with Crippen molar-refractivity contribution in [2.75, 3.05) is 11.7 Å². The zero-order valence-corrected chi connectivity index (χ0v) is 16.8. The van der Waals surface area contributed by atoms with Crippen LogP contribution in [0.2, 0.25) is 0 Å². The van der Waals surface area contributed by atoms with Crippen molar-refractivity contribution >= 4 is 34.5 Å². The Morgan fingerprint density at radius 1 is 1.07 bits per heavy atom. The predicted octanol–water partition coefficient (Wildman–Crippen LogP) is 4.41. The van der Waals surface area contributed by atoms with Gasteiger partial charge in [-0.05, 0) is 48.7 Å². The van der Waals surface area contributed by atoms with Crippen molar-refractivity contribution in [1.29, 1.82) is 0 Å². The second-order valence-corrected chi connectivity index (χ2v) is 8.07. The minimum Gasteiger partial charge on any atom is -0.507 e. The second-order valence-electron chi connectivity index (χ2n) is 7.09. The Bertz CT molecular complexity index is 1180. The van der Waals surface area contributed by atoms with E-state index in [2.05, 4.69) is 0 Å². The minimum atomic E-state index is -0.718. The first-order valence-electron chi connectivity index (χ1n) is 9.35.